The number of rotatable bonds is 18. The van der Waals surface area contributed by atoms with Crippen molar-refractivity contribution in [2.24, 2.45) is 41.4 Å². The molecule has 0 aromatic rings. The van der Waals surface area contributed by atoms with E-state index in [0.717, 1.165) is 14.7 Å². The van der Waals surface area contributed by atoms with Crippen LogP contribution in [0.25, 0.3) is 0 Å². The normalized spacial score (nSPS) is 26.1. The van der Waals surface area contributed by atoms with Gasteiger partial charge in [0.1, 0.15) is 67.0 Å². The second-order valence-electron chi connectivity index (χ2n) is 26.6. The van der Waals surface area contributed by atoms with Crippen molar-refractivity contribution in [2.45, 2.75) is 216 Å². The third kappa shape index (κ3) is 23.3. The second kappa shape index (κ2) is 37.5. The third-order valence-corrected chi connectivity index (χ3v) is 16.4. The fourth-order valence-electron chi connectivity index (χ4n) is 10.9. The fraction of sp³-hybridized carbons (Fsp3) is 0.781. The molecule has 0 radical (unpaired) electrons. The molecule has 1 heterocycles. The molecule has 25 heteroatoms. The van der Waals surface area contributed by atoms with Crippen LogP contribution in [-0.4, -0.2) is 240 Å². The Bertz CT molecular complexity index is 2480. The molecule has 0 aliphatic carbocycles. The Balaban J connectivity index is 4.44. The van der Waals surface area contributed by atoms with Crippen LogP contribution in [0.4, 0.5) is 0 Å². The smallest absolute Gasteiger partial charge is 0.247 e. The van der Waals surface area contributed by atoms with E-state index in [1.165, 1.54) is 75.9 Å². The van der Waals surface area contributed by atoms with E-state index < -0.39 is 169 Å². The highest BCUT2D eigenvalue weighted by atomic mass is 16.5. The monoisotopic (exact) mass is 1260 g/mol. The topological polar surface area (TPSA) is 312 Å². The maximum atomic E-state index is 15.2. The van der Waals surface area contributed by atoms with Crippen molar-refractivity contribution in [1.82, 2.24) is 55.6 Å². The number of carbonyl (C=O) groups excluding carboxylic acids is 11. The number of likely N-dealkylation sites (N-methyl/N-ethyl adjacent to an activating group) is 7. The lowest BCUT2D eigenvalue weighted by molar-refractivity contribution is -0.157. The molecular formula is C64H112N12O13. The van der Waals surface area contributed by atoms with Crippen LogP contribution in [0, 0.1) is 52.8 Å². The zero-order chi connectivity index (χ0) is 68.8. The van der Waals surface area contributed by atoms with E-state index in [0.29, 0.717) is 6.42 Å². The molecule has 1 rings (SSSR count). The molecule has 1 aliphatic heterocycles. The molecule has 0 aromatic carbocycles. The van der Waals surface area contributed by atoms with Crippen LogP contribution in [0.2, 0.25) is 0 Å². The number of aliphatic hydroxyl groups is 1. The largest absolute Gasteiger partial charge is 0.390 e. The van der Waals surface area contributed by atoms with Gasteiger partial charge < -0.3 is 65.4 Å². The van der Waals surface area contributed by atoms with Gasteiger partial charge in [0.15, 0.2) is 0 Å². The lowest BCUT2D eigenvalue weighted by Crippen LogP contribution is -2.63. The van der Waals surface area contributed by atoms with Crippen molar-refractivity contribution >= 4 is 65.0 Å². The Morgan fingerprint density at radius 1 is 0.528 bits per heavy atom. The first-order valence-corrected chi connectivity index (χ1v) is 31.5. The molecule has 89 heavy (non-hydrogen) atoms. The number of allylic oxidation sites excluding steroid dienone is 2. The minimum Gasteiger partial charge on any atom is -0.390 e. The summed E-state index contributed by atoms with van der Waals surface area (Å²) in [5.41, 5.74) is 0. The number of nitrogens with zero attached hydrogens (tertiary/aromatic N) is 8. The molecule has 0 aromatic heterocycles. The first-order valence-electron chi connectivity index (χ1n) is 31.5. The number of hydrogen-bond acceptors (Lipinski definition) is 14. The molecule has 0 unspecified atom stereocenters. The van der Waals surface area contributed by atoms with Crippen LogP contribution in [0.1, 0.15) is 149 Å². The van der Waals surface area contributed by atoms with Gasteiger partial charge in [0.2, 0.25) is 65.0 Å². The summed E-state index contributed by atoms with van der Waals surface area (Å²) in [4.78, 5) is 170. The summed E-state index contributed by atoms with van der Waals surface area (Å²) >= 11 is 0. The van der Waals surface area contributed by atoms with Crippen LogP contribution in [0.5, 0.6) is 0 Å². The SMILES string of the molecule is C/C=C/C[C@@H](C)[C@@H](O)[C@H]1C(=O)N[C@@H](CC)C(=O)N(C)CC(=O)N(C)[C@@H](CC(C)C)C(=O)N[C@@H](C(C)C)C(=O)N(C)[C@@H](CC(C)C)C(=O)N[C@@H](C)C(=O)N[C@H](COCC#N)C(=O)N(C)[C@@H](CC(C)C)C(=O)N(C)[C@@H](CC(C)C)C(=O)N(C)[C@@H](C(C)C)C(=O)N1C. The Kier molecular flexibility index (Phi) is 33.8. The number of ether oxygens (including phenoxy) is 1. The van der Waals surface area contributed by atoms with Gasteiger partial charge in [-0.05, 0) is 93.8 Å². The van der Waals surface area contributed by atoms with Gasteiger partial charge in [0.25, 0.3) is 0 Å². The van der Waals surface area contributed by atoms with E-state index in [1.54, 1.807) is 60.6 Å². The highest BCUT2D eigenvalue weighted by molar-refractivity contribution is 5.99. The molecule has 0 saturated carbocycles. The highest BCUT2D eigenvalue weighted by Crippen LogP contribution is 2.26. The Labute approximate surface area is 531 Å². The summed E-state index contributed by atoms with van der Waals surface area (Å²) in [6, 6.07) is -11.3. The molecule has 25 nitrogen and oxygen atoms in total. The molecule has 1 saturated heterocycles. The Morgan fingerprint density at radius 2 is 0.966 bits per heavy atom. The first kappa shape index (κ1) is 80.3. The van der Waals surface area contributed by atoms with Crippen LogP contribution >= 0.6 is 0 Å². The van der Waals surface area contributed by atoms with Gasteiger partial charge in [-0.1, -0.05) is 109 Å². The molecule has 5 N–H and O–H groups in total. The number of nitriles is 1. The van der Waals surface area contributed by atoms with E-state index in [4.69, 9.17) is 4.74 Å². The van der Waals surface area contributed by atoms with E-state index in [-0.39, 0.29) is 55.8 Å². The van der Waals surface area contributed by atoms with Gasteiger partial charge in [0, 0.05) is 49.3 Å². The molecule has 0 spiro atoms. The average molecular weight is 1260 g/mol. The zero-order valence-electron chi connectivity index (χ0n) is 57.8. The minimum absolute atomic E-state index is 0.00731. The quantitative estimate of drug-likeness (QED) is 0.0974. The molecule has 506 valence electrons. The van der Waals surface area contributed by atoms with E-state index in [1.807, 2.05) is 61.5 Å². The Hall–Kier alpha value is -6.68. The lowest BCUT2D eigenvalue weighted by atomic mass is 9.91. The predicted molar refractivity (Wildman–Crippen MR) is 339 cm³/mol. The van der Waals surface area contributed by atoms with Gasteiger partial charge in [0.05, 0.1) is 25.3 Å². The number of amides is 11. The number of aliphatic hydroxyl groups excluding tert-OH is 1. The molecule has 1 fully saturated rings. The summed E-state index contributed by atoms with van der Waals surface area (Å²) in [5, 5.41) is 32.4. The number of carbonyl (C=O) groups is 11. The van der Waals surface area contributed by atoms with Gasteiger partial charge >= 0.3 is 0 Å². The summed E-state index contributed by atoms with van der Waals surface area (Å²) in [7, 11) is 9.72. The van der Waals surface area contributed by atoms with Gasteiger partial charge in [-0.25, -0.2) is 0 Å². The highest BCUT2D eigenvalue weighted by Gasteiger charge is 2.46. The van der Waals surface area contributed by atoms with Crippen molar-refractivity contribution in [3.05, 3.63) is 12.2 Å². The summed E-state index contributed by atoms with van der Waals surface area (Å²) in [6.45, 7) is 26.5. The fourth-order valence-corrected chi connectivity index (χ4v) is 10.9. The molecular weight excluding hydrogens is 1140 g/mol. The average Bonchev–Trinajstić information content (AvgIpc) is 2.46. The number of hydrogen-bond donors (Lipinski definition) is 5. The van der Waals surface area contributed by atoms with Crippen molar-refractivity contribution in [2.75, 3.05) is 69.1 Å². The lowest BCUT2D eigenvalue weighted by Gasteiger charge is -2.41. The standard InChI is InChI=1S/C64H112N12O13/c1-24-26-27-42(15)54(78)53-58(82)67-44(25-2)59(83)70(17)34-50(77)71(18)46(30-36(3)4)57(81)69-51(40(11)12)63(87)72(19)47(31-37(5)6)56(80)66-43(16)55(79)68-45(35-89-29-28-65)60(84)73(20)48(32-38(7)8)61(85)74(21)49(33-39(9)10)62(86)75(22)52(41(13)14)64(88)76(53)23/h24,26,36-49,51-54,78H,25,27,29-35H2,1-23H3,(H,66,80)(H,67,82)(H,68,79)(H,69,81)/b26-24+/t42-,43+,44+,45-,46+,47+,48+,49+,51+,52+,53+,54-/m1/s1. The van der Waals surface area contributed by atoms with Crippen molar-refractivity contribution in [3.8, 4) is 6.07 Å². The zero-order valence-corrected chi connectivity index (χ0v) is 57.8. The molecule has 12 atom stereocenters. The van der Waals surface area contributed by atoms with Crippen molar-refractivity contribution < 1.29 is 62.6 Å². The van der Waals surface area contributed by atoms with Crippen LogP contribution < -0.4 is 21.3 Å². The summed E-state index contributed by atoms with van der Waals surface area (Å²) < 4.78 is 5.50. The first-order chi connectivity index (χ1) is 41.2. The van der Waals surface area contributed by atoms with Crippen LogP contribution in [0.15, 0.2) is 12.2 Å². The second-order valence-corrected chi connectivity index (χ2v) is 26.6. The van der Waals surface area contributed by atoms with E-state index in [9.17, 15) is 48.7 Å². The van der Waals surface area contributed by atoms with Crippen LogP contribution in [-0.2, 0) is 57.5 Å². The third-order valence-electron chi connectivity index (χ3n) is 16.4. The van der Waals surface area contributed by atoms with E-state index in [2.05, 4.69) is 21.3 Å². The number of nitrogens with one attached hydrogen (secondary N) is 4. The molecule has 1 aliphatic rings. The summed E-state index contributed by atoms with van der Waals surface area (Å²) in [6.07, 6.45) is 2.77. The Morgan fingerprint density at radius 3 is 1.43 bits per heavy atom. The van der Waals surface area contributed by atoms with E-state index >= 15 is 14.4 Å². The molecule has 0 bridgehead atoms. The van der Waals surface area contributed by atoms with Gasteiger partial charge in [-0.3, -0.25) is 52.7 Å². The maximum absolute atomic E-state index is 15.2. The maximum Gasteiger partial charge on any atom is 0.247 e. The summed E-state index contributed by atoms with van der Waals surface area (Å²) in [5.74, 6) is -10.6. The van der Waals surface area contributed by atoms with Gasteiger partial charge in [-0.15, -0.1) is 0 Å². The van der Waals surface area contributed by atoms with Gasteiger partial charge in [-0.2, -0.15) is 5.26 Å². The van der Waals surface area contributed by atoms with Crippen LogP contribution in [0.3, 0.4) is 0 Å². The van der Waals surface area contributed by atoms with Crippen molar-refractivity contribution in [3.63, 3.8) is 0 Å². The van der Waals surface area contributed by atoms with Crippen molar-refractivity contribution in [1.29, 1.82) is 5.26 Å². The predicted octanol–water partition coefficient (Wildman–Crippen LogP) is 2.79. The minimum atomic E-state index is -1.64. The molecule has 11 amide bonds.